The maximum absolute atomic E-state index is 13.6. The monoisotopic (exact) mass is 466 g/mol. The molecule has 34 heavy (non-hydrogen) atoms. The van der Waals surface area contributed by atoms with Crippen LogP contribution in [0.15, 0.2) is 53.3 Å². The van der Waals surface area contributed by atoms with Crippen LogP contribution >= 0.6 is 0 Å². The third-order valence-corrected chi connectivity index (χ3v) is 7.12. The van der Waals surface area contributed by atoms with Gasteiger partial charge < -0.3 is 4.90 Å². The summed E-state index contributed by atoms with van der Waals surface area (Å²) in [7, 11) is 0. The summed E-state index contributed by atoms with van der Waals surface area (Å²) in [5.41, 5.74) is 1.34. The molecule has 2 atom stereocenters. The average molecular weight is 467 g/mol. The molecule has 1 saturated heterocycles. The Hall–Kier alpha value is -3.13. The fraction of sp³-hybridized carbons (Fsp3) is 0.423. The number of aromatic nitrogens is 3. The molecule has 3 heterocycles. The van der Waals surface area contributed by atoms with E-state index in [0.29, 0.717) is 38.2 Å². The van der Waals surface area contributed by atoms with Crippen LogP contribution in [0, 0.1) is 17.6 Å². The molecule has 1 aromatic heterocycles. The molecule has 0 spiro atoms. The number of carbonyl (C=O) groups is 1. The molecule has 5 rings (SSSR count). The first-order chi connectivity index (χ1) is 16.5. The number of rotatable bonds is 6. The highest BCUT2D eigenvalue weighted by Crippen LogP contribution is 2.35. The van der Waals surface area contributed by atoms with Crippen LogP contribution in [0.4, 0.5) is 8.78 Å². The molecule has 0 bridgehead atoms. The standard InChI is InChI=1S/C26H28F2N4O2/c27-20-8-4-18(5-9-20)23-17-30(14-12-22(23)25(33)19-6-10-21(28)11-7-19)15-16-32-26(34)31-13-2-1-3-24(31)29-32/h4-11,22-23H,1-3,12-17H2/t22-,23+/m1/s1. The zero-order valence-corrected chi connectivity index (χ0v) is 19.0. The van der Waals surface area contributed by atoms with Crippen molar-refractivity contribution in [2.45, 2.75) is 44.7 Å². The van der Waals surface area contributed by atoms with E-state index in [1.807, 2.05) is 0 Å². The van der Waals surface area contributed by atoms with E-state index >= 15 is 0 Å². The van der Waals surface area contributed by atoms with Crippen LogP contribution in [0.5, 0.6) is 0 Å². The summed E-state index contributed by atoms with van der Waals surface area (Å²) >= 11 is 0. The summed E-state index contributed by atoms with van der Waals surface area (Å²) in [6, 6.07) is 12.0. The Bertz CT molecular complexity index is 1220. The Morgan fingerprint density at radius 1 is 0.941 bits per heavy atom. The number of carbonyl (C=O) groups excluding carboxylic acids is 1. The normalized spacial score (nSPS) is 20.8. The highest BCUT2D eigenvalue weighted by molar-refractivity contribution is 5.98. The van der Waals surface area contributed by atoms with E-state index < -0.39 is 0 Å². The lowest BCUT2D eigenvalue weighted by Crippen LogP contribution is -2.43. The van der Waals surface area contributed by atoms with Crippen molar-refractivity contribution in [3.63, 3.8) is 0 Å². The first-order valence-corrected chi connectivity index (χ1v) is 11.9. The van der Waals surface area contributed by atoms with Gasteiger partial charge in [-0.25, -0.2) is 18.3 Å². The molecule has 0 unspecified atom stereocenters. The number of benzene rings is 2. The van der Waals surface area contributed by atoms with Gasteiger partial charge in [-0.15, -0.1) is 0 Å². The third-order valence-electron chi connectivity index (χ3n) is 7.12. The molecule has 3 aromatic rings. The minimum Gasteiger partial charge on any atom is -0.301 e. The van der Waals surface area contributed by atoms with Gasteiger partial charge in [0.15, 0.2) is 5.78 Å². The van der Waals surface area contributed by atoms with Gasteiger partial charge in [0.25, 0.3) is 0 Å². The zero-order valence-electron chi connectivity index (χ0n) is 19.0. The molecule has 0 N–H and O–H groups in total. The predicted octanol–water partition coefficient (Wildman–Crippen LogP) is 3.65. The summed E-state index contributed by atoms with van der Waals surface area (Å²) in [5, 5.41) is 4.53. The summed E-state index contributed by atoms with van der Waals surface area (Å²) in [4.78, 5) is 28.2. The van der Waals surface area contributed by atoms with E-state index in [9.17, 15) is 18.4 Å². The van der Waals surface area contributed by atoms with Crippen LogP contribution in [0.1, 0.15) is 46.9 Å². The maximum atomic E-state index is 13.6. The van der Waals surface area contributed by atoms with Gasteiger partial charge in [-0.3, -0.25) is 9.36 Å². The molecule has 8 heteroatoms. The van der Waals surface area contributed by atoms with Crippen molar-refractivity contribution in [1.82, 2.24) is 19.2 Å². The van der Waals surface area contributed by atoms with Gasteiger partial charge in [0.05, 0.1) is 6.54 Å². The number of Topliss-reactive ketones (excluding diaryl/α,β-unsaturated/α-hetero) is 1. The molecule has 2 aliphatic heterocycles. The second-order valence-corrected chi connectivity index (χ2v) is 9.26. The van der Waals surface area contributed by atoms with Gasteiger partial charge >= 0.3 is 5.69 Å². The number of aryl methyl sites for hydroxylation is 1. The van der Waals surface area contributed by atoms with E-state index in [4.69, 9.17) is 0 Å². The molecule has 0 aliphatic carbocycles. The van der Waals surface area contributed by atoms with E-state index in [2.05, 4.69) is 10.00 Å². The first-order valence-electron chi connectivity index (χ1n) is 11.9. The summed E-state index contributed by atoms with van der Waals surface area (Å²) in [5.74, 6) is -0.261. The van der Waals surface area contributed by atoms with Crippen molar-refractivity contribution in [2.24, 2.45) is 5.92 Å². The van der Waals surface area contributed by atoms with Crippen molar-refractivity contribution in [3.8, 4) is 0 Å². The second-order valence-electron chi connectivity index (χ2n) is 9.26. The van der Waals surface area contributed by atoms with Crippen molar-refractivity contribution in [1.29, 1.82) is 0 Å². The lowest BCUT2D eigenvalue weighted by atomic mass is 9.76. The van der Waals surface area contributed by atoms with Crippen LogP contribution in [0.25, 0.3) is 0 Å². The summed E-state index contributed by atoms with van der Waals surface area (Å²) in [6.45, 7) is 3.19. The lowest BCUT2D eigenvalue weighted by molar-refractivity contribution is 0.0793. The fourth-order valence-corrected chi connectivity index (χ4v) is 5.24. The molecule has 0 radical (unpaired) electrons. The number of likely N-dealkylation sites (tertiary alicyclic amines) is 1. The molecule has 2 aliphatic rings. The van der Waals surface area contributed by atoms with Crippen LogP contribution in [-0.2, 0) is 19.5 Å². The van der Waals surface area contributed by atoms with Crippen LogP contribution < -0.4 is 5.69 Å². The zero-order chi connectivity index (χ0) is 23.7. The SMILES string of the molecule is O=C(c1ccc(F)cc1)[C@@H]1CCN(CCn2nc3n(c2=O)CCCC3)C[C@H]1c1ccc(F)cc1. The topological polar surface area (TPSA) is 60.1 Å². The average Bonchev–Trinajstić information content (AvgIpc) is 3.18. The maximum Gasteiger partial charge on any atom is 0.345 e. The van der Waals surface area contributed by atoms with Crippen LogP contribution in [-0.4, -0.2) is 44.7 Å². The Kier molecular flexibility index (Phi) is 6.41. The third kappa shape index (κ3) is 4.59. The van der Waals surface area contributed by atoms with Crippen molar-refractivity contribution in [2.75, 3.05) is 19.6 Å². The first kappa shape index (κ1) is 22.7. The van der Waals surface area contributed by atoms with Crippen LogP contribution in [0.2, 0.25) is 0 Å². The Balaban J connectivity index is 1.33. The molecule has 0 amide bonds. The largest absolute Gasteiger partial charge is 0.345 e. The fourth-order valence-electron chi connectivity index (χ4n) is 5.24. The van der Waals surface area contributed by atoms with Crippen molar-refractivity contribution in [3.05, 3.63) is 87.6 Å². The highest BCUT2D eigenvalue weighted by Gasteiger charge is 2.35. The van der Waals surface area contributed by atoms with E-state index in [-0.39, 0.29) is 34.9 Å². The molecular weight excluding hydrogens is 438 g/mol. The van der Waals surface area contributed by atoms with Gasteiger partial charge in [0.1, 0.15) is 17.5 Å². The summed E-state index contributed by atoms with van der Waals surface area (Å²) in [6.07, 6.45) is 3.54. The molecule has 2 aromatic carbocycles. The number of hydrogen-bond acceptors (Lipinski definition) is 4. The van der Waals surface area contributed by atoms with E-state index in [0.717, 1.165) is 37.2 Å². The van der Waals surface area contributed by atoms with Gasteiger partial charge in [0, 0.05) is 43.5 Å². The predicted molar refractivity (Wildman–Crippen MR) is 124 cm³/mol. The minimum atomic E-state index is -0.377. The van der Waals surface area contributed by atoms with Gasteiger partial charge in [0.2, 0.25) is 0 Å². The number of nitrogens with zero attached hydrogens (tertiary/aromatic N) is 4. The smallest absolute Gasteiger partial charge is 0.301 e. The Labute approximate surface area is 196 Å². The lowest BCUT2D eigenvalue weighted by Gasteiger charge is -2.38. The number of hydrogen-bond donors (Lipinski definition) is 0. The minimum absolute atomic E-state index is 0.0213. The van der Waals surface area contributed by atoms with E-state index in [1.165, 1.54) is 36.4 Å². The Morgan fingerprint density at radius 2 is 1.65 bits per heavy atom. The Morgan fingerprint density at radius 3 is 2.35 bits per heavy atom. The van der Waals surface area contributed by atoms with Gasteiger partial charge in [-0.05, 0) is 67.8 Å². The van der Waals surface area contributed by atoms with Gasteiger partial charge in [-0.2, -0.15) is 5.10 Å². The number of fused-ring (bicyclic) bond motifs is 1. The molecule has 0 saturated carbocycles. The number of ketones is 1. The molecule has 1 fully saturated rings. The quantitative estimate of drug-likeness (QED) is 0.521. The number of piperidine rings is 1. The van der Waals surface area contributed by atoms with Crippen molar-refractivity contribution < 1.29 is 13.6 Å². The molecular formula is C26H28F2N4O2. The van der Waals surface area contributed by atoms with E-state index in [1.54, 1.807) is 21.4 Å². The molecule has 178 valence electrons. The van der Waals surface area contributed by atoms with Gasteiger partial charge in [-0.1, -0.05) is 12.1 Å². The summed E-state index contributed by atoms with van der Waals surface area (Å²) < 4.78 is 30.3. The van der Waals surface area contributed by atoms with Crippen LogP contribution in [0.3, 0.4) is 0 Å². The second kappa shape index (κ2) is 9.62. The highest BCUT2D eigenvalue weighted by atomic mass is 19.1. The number of halogens is 2. The van der Waals surface area contributed by atoms with Crippen molar-refractivity contribution >= 4 is 5.78 Å². The molecule has 6 nitrogen and oxygen atoms in total.